The third-order valence-electron chi connectivity index (χ3n) is 5.13. The molecular formula is C20H18ClF3N2O6S. The highest BCUT2D eigenvalue weighted by Crippen LogP contribution is 2.32. The van der Waals surface area contributed by atoms with Crippen LogP contribution in [0, 0.1) is 0 Å². The molecule has 0 saturated carbocycles. The van der Waals surface area contributed by atoms with Crippen LogP contribution < -0.4 is 10.0 Å². The molecule has 13 heteroatoms. The van der Waals surface area contributed by atoms with E-state index >= 15 is 0 Å². The summed E-state index contributed by atoms with van der Waals surface area (Å²) in [6.07, 6.45) is -7.86. The lowest BCUT2D eigenvalue weighted by molar-refractivity contribution is -0.137. The lowest BCUT2D eigenvalue weighted by Crippen LogP contribution is -2.44. The van der Waals surface area contributed by atoms with Crippen LogP contribution in [0.5, 0.6) is 0 Å². The Bertz CT molecular complexity index is 1130. The van der Waals surface area contributed by atoms with E-state index in [0.717, 1.165) is 18.2 Å². The van der Waals surface area contributed by atoms with Crippen LogP contribution in [0.2, 0.25) is 5.02 Å². The van der Waals surface area contributed by atoms with Crippen molar-refractivity contribution in [1.82, 2.24) is 4.72 Å². The molecule has 2 aromatic rings. The molecule has 8 nitrogen and oxygen atoms in total. The van der Waals surface area contributed by atoms with E-state index in [-0.39, 0.29) is 23.8 Å². The first-order chi connectivity index (χ1) is 15.5. The number of nitrogens with one attached hydrogen (secondary N) is 2. The van der Waals surface area contributed by atoms with Gasteiger partial charge in [0, 0.05) is 10.7 Å². The fourth-order valence-corrected chi connectivity index (χ4v) is 4.96. The van der Waals surface area contributed by atoms with Crippen molar-refractivity contribution in [3.05, 3.63) is 59.1 Å². The SMILES string of the molecule is O=C(Nc1cccc(C(F)(F)F)c1)OC1COC2C(NS(=O)(=O)c3ccc(Cl)cc3)COC12. The van der Waals surface area contributed by atoms with Crippen LogP contribution in [0.4, 0.5) is 23.7 Å². The van der Waals surface area contributed by atoms with E-state index in [2.05, 4.69) is 10.0 Å². The summed E-state index contributed by atoms with van der Waals surface area (Å²) >= 11 is 5.79. The molecule has 0 spiro atoms. The van der Waals surface area contributed by atoms with Gasteiger partial charge in [0.05, 0.1) is 29.7 Å². The van der Waals surface area contributed by atoms with Crippen molar-refractivity contribution < 1.29 is 40.6 Å². The molecule has 1 amide bonds. The highest BCUT2D eigenvalue weighted by atomic mass is 35.5. The van der Waals surface area contributed by atoms with Gasteiger partial charge < -0.3 is 14.2 Å². The van der Waals surface area contributed by atoms with Gasteiger partial charge in [-0.15, -0.1) is 0 Å². The van der Waals surface area contributed by atoms with Crippen molar-refractivity contribution in [2.45, 2.75) is 35.4 Å². The summed E-state index contributed by atoms with van der Waals surface area (Å²) in [5.74, 6) is 0. The quantitative estimate of drug-likeness (QED) is 0.644. The Morgan fingerprint density at radius 3 is 2.45 bits per heavy atom. The van der Waals surface area contributed by atoms with Crippen LogP contribution >= 0.6 is 11.6 Å². The molecule has 2 heterocycles. The molecule has 4 atom stereocenters. The molecule has 2 aliphatic rings. The maximum atomic E-state index is 12.8. The number of hydrogen-bond acceptors (Lipinski definition) is 6. The first-order valence-corrected chi connectivity index (χ1v) is 11.5. The van der Waals surface area contributed by atoms with Gasteiger partial charge in [-0.1, -0.05) is 17.7 Å². The Morgan fingerprint density at radius 2 is 1.76 bits per heavy atom. The molecule has 2 aliphatic heterocycles. The summed E-state index contributed by atoms with van der Waals surface area (Å²) in [7, 11) is -3.88. The van der Waals surface area contributed by atoms with Gasteiger partial charge in [-0.2, -0.15) is 13.2 Å². The zero-order chi connectivity index (χ0) is 23.8. The number of sulfonamides is 1. The summed E-state index contributed by atoms with van der Waals surface area (Å²) in [6, 6.07) is 8.99. The van der Waals surface area contributed by atoms with Crippen molar-refractivity contribution in [3.63, 3.8) is 0 Å². The van der Waals surface area contributed by atoms with Crippen LogP contribution in [-0.2, 0) is 30.4 Å². The number of ether oxygens (including phenoxy) is 3. The normalized spacial score (nSPS) is 25.0. The Morgan fingerprint density at radius 1 is 1.06 bits per heavy atom. The first-order valence-electron chi connectivity index (χ1n) is 9.69. The van der Waals surface area contributed by atoms with E-state index in [1.807, 2.05) is 0 Å². The number of fused-ring (bicyclic) bond motifs is 1. The van der Waals surface area contributed by atoms with Crippen LogP contribution in [0.3, 0.4) is 0 Å². The fraction of sp³-hybridized carbons (Fsp3) is 0.350. The van der Waals surface area contributed by atoms with Crippen molar-refractivity contribution in [2.24, 2.45) is 0 Å². The maximum Gasteiger partial charge on any atom is 0.416 e. The minimum atomic E-state index is -4.56. The molecule has 2 N–H and O–H groups in total. The summed E-state index contributed by atoms with van der Waals surface area (Å²) in [6.45, 7) is -0.0816. The molecule has 2 fully saturated rings. The van der Waals surface area contributed by atoms with Gasteiger partial charge in [0.1, 0.15) is 12.2 Å². The zero-order valence-corrected chi connectivity index (χ0v) is 18.3. The van der Waals surface area contributed by atoms with Crippen LogP contribution in [-0.4, -0.2) is 52.1 Å². The number of alkyl halides is 3. The number of halogens is 4. The van der Waals surface area contributed by atoms with Crippen LogP contribution in [0.15, 0.2) is 53.4 Å². The average Bonchev–Trinajstić information content (AvgIpc) is 3.31. The Kier molecular flexibility index (Phi) is 6.56. The minimum absolute atomic E-state index is 0.0154. The third kappa shape index (κ3) is 5.41. The molecule has 0 aliphatic carbocycles. The average molecular weight is 507 g/mol. The van der Waals surface area contributed by atoms with Gasteiger partial charge in [0.15, 0.2) is 6.10 Å². The second-order valence-electron chi connectivity index (χ2n) is 7.42. The van der Waals surface area contributed by atoms with Crippen LogP contribution in [0.25, 0.3) is 0 Å². The summed E-state index contributed by atoms with van der Waals surface area (Å²) in [5.41, 5.74) is -1.01. The van der Waals surface area contributed by atoms with Gasteiger partial charge in [0.25, 0.3) is 0 Å². The summed E-state index contributed by atoms with van der Waals surface area (Å²) in [5, 5.41) is 2.63. The number of carbonyl (C=O) groups is 1. The Hall–Kier alpha value is -2.38. The second kappa shape index (κ2) is 9.11. The highest BCUT2D eigenvalue weighted by Gasteiger charge is 2.50. The van der Waals surface area contributed by atoms with Gasteiger partial charge in [0.2, 0.25) is 10.0 Å². The Balaban J connectivity index is 1.35. The maximum absolute atomic E-state index is 12.8. The number of amides is 1. The molecule has 2 saturated heterocycles. The number of anilines is 1. The largest absolute Gasteiger partial charge is 0.441 e. The van der Waals surface area contributed by atoms with Crippen molar-refractivity contribution in [1.29, 1.82) is 0 Å². The Labute approximate surface area is 192 Å². The van der Waals surface area contributed by atoms with Crippen molar-refractivity contribution >= 4 is 33.4 Å². The molecular weight excluding hydrogens is 489 g/mol. The summed E-state index contributed by atoms with van der Waals surface area (Å²) < 4.78 is 82.7. The predicted molar refractivity (Wildman–Crippen MR) is 110 cm³/mol. The van der Waals surface area contributed by atoms with E-state index in [9.17, 15) is 26.4 Å². The van der Waals surface area contributed by atoms with E-state index in [0.29, 0.717) is 5.02 Å². The lowest BCUT2D eigenvalue weighted by atomic mass is 10.1. The number of rotatable bonds is 5. The molecule has 33 heavy (non-hydrogen) atoms. The van der Waals surface area contributed by atoms with E-state index < -0.39 is 52.2 Å². The molecule has 0 aromatic heterocycles. The molecule has 4 unspecified atom stereocenters. The van der Waals surface area contributed by atoms with Crippen LogP contribution in [0.1, 0.15) is 5.56 Å². The summed E-state index contributed by atoms with van der Waals surface area (Å²) in [4.78, 5) is 12.2. The van der Waals surface area contributed by atoms with Gasteiger partial charge in [-0.05, 0) is 42.5 Å². The molecule has 0 radical (unpaired) electrons. The molecule has 4 rings (SSSR count). The van der Waals surface area contributed by atoms with Crippen molar-refractivity contribution in [3.8, 4) is 0 Å². The number of benzene rings is 2. The molecule has 2 aromatic carbocycles. The van der Waals surface area contributed by atoms with E-state index in [4.69, 9.17) is 25.8 Å². The smallest absolute Gasteiger partial charge is 0.416 e. The first kappa shape index (κ1) is 23.8. The highest BCUT2D eigenvalue weighted by molar-refractivity contribution is 7.89. The van der Waals surface area contributed by atoms with Gasteiger partial charge in [-0.3, -0.25) is 5.32 Å². The molecule has 0 bridgehead atoms. The fourth-order valence-electron chi connectivity index (χ4n) is 3.61. The zero-order valence-electron chi connectivity index (χ0n) is 16.7. The van der Waals surface area contributed by atoms with Crippen molar-refractivity contribution in [2.75, 3.05) is 18.5 Å². The standard InChI is InChI=1S/C20H18ClF3N2O6S/c21-12-4-6-14(7-5-12)33(28,29)26-15-9-30-18-16(10-31-17(15)18)32-19(27)25-13-3-1-2-11(8-13)20(22,23)24/h1-8,15-18,26H,9-10H2,(H,25,27). The third-order valence-corrected chi connectivity index (χ3v) is 6.89. The van der Waals surface area contributed by atoms with E-state index in [1.54, 1.807) is 0 Å². The number of hydrogen-bond donors (Lipinski definition) is 2. The minimum Gasteiger partial charge on any atom is -0.441 e. The second-order valence-corrected chi connectivity index (χ2v) is 9.58. The van der Waals surface area contributed by atoms with E-state index in [1.165, 1.54) is 30.3 Å². The number of carbonyl (C=O) groups excluding carboxylic acids is 1. The lowest BCUT2D eigenvalue weighted by Gasteiger charge is -2.18. The van der Waals surface area contributed by atoms with Gasteiger partial charge >= 0.3 is 12.3 Å². The predicted octanol–water partition coefficient (Wildman–Crippen LogP) is 3.42. The van der Waals surface area contributed by atoms with Gasteiger partial charge in [-0.25, -0.2) is 17.9 Å². The topological polar surface area (TPSA) is 103 Å². The monoisotopic (exact) mass is 506 g/mol. The molecule has 178 valence electrons.